The monoisotopic (exact) mass is 259 g/mol. The Kier molecular flexibility index (Phi) is 3.92. The Morgan fingerprint density at radius 1 is 1.05 bits per heavy atom. The van der Waals surface area contributed by atoms with Gasteiger partial charge in [-0.15, -0.1) is 0 Å². The zero-order chi connectivity index (χ0) is 13.1. The number of rotatable bonds is 3. The van der Waals surface area contributed by atoms with E-state index in [1.165, 1.54) is 50.1 Å². The molecular weight excluding hydrogens is 234 g/mol. The molecule has 0 aromatic heterocycles. The molecule has 0 unspecified atom stereocenters. The summed E-state index contributed by atoms with van der Waals surface area (Å²) in [5.41, 5.74) is 8.60. The third kappa shape index (κ3) is 3.21. The van der Waals surface area contributed by atoms with Crippen LogP contribution in [0.15, 0.2) is 24.3 Å². The van der Waals surface area contributed by atoms with Gasteiger partial charge in [-0.3, -0.25) is 0 Å². The molecule has 2 fully saturated rings. The van der Waals surface area contributed by atoms with Crippen LogP contribution in [0.25, 0.3) is 0 Å². The molecule has 3 rings (SSSR count). The van der Waals surface area contributed by atoms with Crippen molar-refractivity contribution in [2.75, 3.05) is 23.3 Å². The van der Waals surface area contributed by atoms with Gasteiger partial charge in [-0.2, -0.15) is 0 Å². The first kappa shape index (κ1) is 12.8. The Labute approximate surface area is 116 Å². The molecule has 1 aromatic rings. The van der Waals surface area contributed by atoms with E-state index in [-0.39, 0.29) is 0 Å². The number of nitrogens with zero attached hydrogens (tertiary/aromatic N) is 1. The van der Waals surface area contributed by atoms with Gasteiger partial charge in [0.15, 0.2) is 0 Å². The largest absolute Gasteiger partial charge is 0.382 e. The molecule has 104 valence electrons. The van der Waals surface area contributed by atoms with Gasteiger partial charge < -0.3 is 16.0 Å². The van der Waals surface area contributed by atoms with Gasteiger partial charge in [0.05, 0.1) is 0 Å². The third-order valence-electron chi connectivity index (χ3n) is 4.46. The maximum absolute atomic E-state index is 5.96. The molecule has 1 aliphatic heterocycles. The van der Waals surface area contributed by atoms with E-state index in [0.29, 0.717) is 12.1 Å². The molecule has 3 heteroatoms. The molecule has 0 radical (unpaired) electrons. The number of nitrogens with two attached hydrogens (primary N) is 1. The van der Waals surface area contributed by atoms with Gasteiger partial charge in [-0.05, 0) is 56.7 Å². The highest BCUT2D eigenvalue weighted by molar-refractivity contribution is 5.58. The Hall–Kier alpha value is -1.22. The van der Waals surface area contributed by atoms with Gasteiger partial charge >= 0.3 is 0 Å². The second kappa shape index (κ2) is 5.83. The lowest BCUT2D eigenvalue weighted by atomic mass is 9.91. The topological polar surface area (TPSA) is 41.3 Å². The quantitative estimate of drug-likeness (QED) is 0.877. The van der Waals surface area contributed by atoms with E-state index in [2.05, 4.69) is 34.5 Å². The van der Waals surface area contributed by atoms with Crippen molar-refractivity contribution in [1.29, 1.82) is 0 Å². The normalized spacial score (nSPS) is 27.5. The first-order chi connectivity index (χ1) is 9.31. The molecule has 19 heavy (non-hydrogen) atoms. The highest BCUT2D eigenvalue weighted by Gasteiger charge is 2.18. The molecule has 1 heterocycles. The predicted octanol–water partition coefficient (Wildman–Crippen LogP) is 2.97. The fraction of sp³-hybridized carbons (Fsp3) is 0.625. The highest BCUT2D eigenvalue weighted by atomic mass is 15.1. The van der Waals surface area contributed by atoms with Crippen LogP contribution in [0.1, 0.15) is 38.5 Å². The predicted molar refractivity (Wildman–Crippen MR) is 81.7 cm³/mol. The Morgan fingerprint density at radius 2 is 1.79 bits per heavy atom. The lowest BCUT2D eigenvalue weighted by molar-refractivity contribution is 0.411. The van der Waals surface area contributed by atoms with Crippen molar-refractivity contribution < 1.29 is 0 Å². The molecule has 2 aliphatic rings. The minimum Gasteiger partial charge on any atom is -0.382 e. The van der Waals surface area contributed by atoms with Gasteiger partial charge in [0.1, 0.15) is 0 Å². The van der Waals surface area contributed by atoms with Crippen LogP contribution in [-0.2, 0) is 0 Å². The van der Waals surface area contributed by atoms with Crippen molar-refractivity contribution >= 4 is 11.4 Å². The third-order valence-corrected chi connectivity index (χ3v) is 4.46. The van der Waals surface area contributed by atoms with Crippen LogP contribution in [-0.4, -0.2) is 25.2 Å². The van der Waals surface area contributed by atoms with Crippen LogP contribution in [0, 0.1) is 0 Å². The van der Waals surface area contributed by atoms with Crippen LogP contribution in [0.4, 0.5) is 11.4 Å². The number of hydrogen-bond acceptors (Lipinski definition) is 3. The zero-order valence-electron chi connectivity index (χ0n) is 11.6. The van der Waals surface area contributed by atoms with E-state index < -0.39 is 0 Å². The van der Waals surface area contributed by atoms with Crippen molar-refractivity contribution in [2.24, 2.45) is 5.73 Å². The average Bonchev–Trinajstić information content (AvgIpc) is 2.96. The van der Waals surface area contributed by atoms with E-state index in [1.807, 2.05) is 0 Å². The van der Waals surface area contributed by atoms with Crippen molar-refractivity contribution in [2.45, 2.75) is 50.6 Å². The molecule has 0 atom stereocenters. The van der Waals surface area contributed by atoms with E-state index in [1.54, 1.807) is 0 Å². The first-order valence-electron chi connectivity index (χ1n) is 7.68. The molecule has 0 spiro atoms. The average molecular weight is 259 g/mol. The Bertz CT molecular complexity index is 404. The van der Waals surface area contributed by atoms with Gasteiger partial charge in [-0.25, -0.2) is 0 Å². The number of benzene rings is 1. The Balaban J connectivity index is 1.62. The second-order valence-corrected chi connectivity index (χ2v) is 6.00. The molecule has 1 saturated carbocycles. The van der Waals surface area contributed by atoms with E-state index in [9.17, 15) is 0 Å². The summed E-state index contributed by atoms with van der Waals surface area (Å²) < 4.78 is 0. The molecule has 0 amide bonds. The summed E-state index contributed by atoms with van der Waals surface area (Å²) in [7, 11) is 0. The van der Waals surface area contributed by atoms with Crippen molar-refractivity contribution in [1.82, 2.24) is 0 Å². The van der Waals surface area contributed by atoms with Gasteiger partial charge in [0.25, 0.3) is 0 Å². The van der Waals surface area contributed by atoms with Crippen LogP contribution in [0.5, 0.6) is 0 Å². The van der Waals surface area contributed by atoms with E-state index in [0.717, 1.165) is 12.8 Å². The minimum absolute atomic E-state index is 0.425. The molecule has 1 saturated heterocycles. The van der Waals surface area contributed by atoms with Crippen LogP contribution < -0.4 is 16.0 Å². The van der Waals surface area contributed by atoms with Crippen molar-refractivity contribution in [3.05, 3.63) is 24.3 Å². The van der Waals surface area contributed by atoms with E-state index >= 15 is 0 Å². The van der Waals surface area contributed by atoms with Crippen molar-refractivity contribution in [3.8, 4) is 0 Å². The molecule has 3 N–H and O–H groups in total. The van der Waals surface area contributed by atoms with Crippen LogP contribution in [0.3, 0.4) is 0 Å². The highest BCUT2D eigenvalue weighted by Crippen LogP contribution is 2.26. The van der Waals surface area contributed by atoms with E-state index in [4.69, 9.17) is 5.73 Å². The maximum Gasteiger partial charge on any atom is 0.0386 e. The Morgan fingerprint density at radius 3 is 2.53 bits per heavy atom. The molecule has 1 aromatic carbocycles. The van der Waals surface area contributed by atoms with Gasteiger partial charge in [0.2, 0.25) is 0 Å². The summed E-state index contributed by atoms with van der Waals surface area (Å²) >= 11 is 0. The van der Waals surface area contributed by atoms with Crippen LogP contribution >= 0.6 is 0 Å². The molecule has 3 nitrogen and oxygen atoms in total. The second-order valence-electron chi connectivity index (χ2n) is 6.00. The lowest BCUT2D eigenvalue weighted by Crippen LogP contribution is -2.32. The summed E-state index contributed by atoms with van der Waals surface area (Å²) in [6.45, 7) is 2.42. The summed E-state index contributed by atoms with van der Waals surface area (Å²) in [6.07, 6.45) is 7.38. The molecule has 0 bridgehead atoms. The molecular formula is C16H25N3. The lowest BCUT2D eigenvalue weighted by Gasteiger charge is -2.28. The van der Waals surface area contributed by atoms with Crippen LogP contribution in [0.2, 0.25) is 0 Å². The number of nitrogens with one attached hydrogen (secondary N) is 1. The SMILES string of the molecule is NC1CCC(Nc2cccc(N3CCCC3)c2)CC1. The summed E-state index contributed by atoms with van der Waals surface area (Å²) in [4.78, 5) is 2.49. The number of hydrogen-bond donors (Lipinski definition) is 2. The fourth-order valence-corrected chi connectivity index (χ4v) is 3.27. The van der Waals surface area contributed by atoms with Gasteiger partial charge in [0, 0.05) is 36.5 Å². The van der Waals surface area contributed by atoms with Gasteiger partial charge in [-0.1, -0.05) is 6.07 Å². The summed E-state index contributed by atoms with van der Waals surface area (Å²) in [6, 6.07) is 9.92. The zero-order valence-corrected chi connectivity index (χ0v) is 11.6. The smallest absolute Gasteiger partial charge is 0.0386 e. The summed E-state index contributed by atoms with van der Waals surface area (Å²) in [5, 5.41) is 3.68. The standard InChI is InChI=1S/C16H25N3/c17-13-6-8-14(9-7-13)18-15-4-3-5-16(12-15)19-10-1-2-11-19/h3-5,12-14,18H,1-2,6-11,17H2. The number of anilines is 2. The molecule has 1 aliphatic carbocycles. The fourth-order valence-electron chi connectivity index (χ4n) is 3.27. The minimum atomic E-state index is 0.425. The summed E-state index contributed by atoms with van der Waals surface area (Å²) in [5.74, 6) is 0. The maximum atomic E-state index is 5.96. The van der Waals surface area contributed by atoms with Crippen molar-refractivity contribution in [3.63, 3.8) is 0 Å². The first-order valence-corrected chi connectivity index (χ1v) is 7.68.